The number of rotatable bonds is 3. The van der Waals surface area contributed by atoms with Crippen LogP contribution in [0.5, 0.6) is 0 Å². The van der Waals surface area contributed by atoms with E-state index in [0.717, 1.165) is 45.1 Å². The van der Waals surface area contributed by atoms with Gasteiger partial charge in [0.15, 0.2) is 0 Å². The number of aliphatic hydroxyl groups excluding tert-OH is 1. The van der Waals surface area contributed by atoms with E-state index < -0.39 is 5.54 Å². The van der Waals surface area contributed by atoms with Gasteiger partial charge in [-0.05, 0) is 39.2 Å². The summed E-state index contributed by atoms with van der Waals surface area (Å²) in [5, 5.41) is 15.8. The van der Waals surface area contributed by atoms with Crippen molar-refractivity contribution in [1.82, 2.24) is 10.6 Å². The lowest BCUT2D eigenvalue weighted by atomic mass is 9.94. The molecule has 2 aliphatic rings. The summed E-state index contributed by atoms with van der Waals surface area (Å²) in [7, 11) is 0. The van der Waals surface area contributed by atoms with Crippen LogP contribution >= 0.6 is 0 Å². The molecule has 0 aromatic heterocycles. The molecule has 3 N–H and O–H groups in total. The van der Waals surface area contributed by atoms with Crippen molar-refractivity contribution >= 4 is 5.91 Å². The number of aliphatic hydroxyl groups is 1. The van der Waals surface area contributed by atoms with Crippen LogP contribution in [0.2, 0.25) is 0 Å². The van der Waals surface area contributed by atoms with Crippen molar-refractivity contribution in [2.75, 3.05) is 13.2 Å². The maximum absolute atomic E-state index is 12.2. The van der Waals surface area contributed by atoms with Crippen molar-refractivity contribution in [1.29, 1.82) is 0 Å². The summed E-state index contributed by atoms with van der Waals surface area (Å²) in [4.78, 5) is 12.2. The van der Waals surface area contributed by atoms with Crippen LogP contribution < -0.4 is 10.6 Å². The number of amides is 1. The molecule has 1 aliphatic heterocycles. The third-order valence-corrected chi connectivity index (χ3v) is 4.11. The van der Waals surface area contributed by atoms with Crippen LogP contribution in [0.15, 0.2) is 0 Å². The zero-order valence-electron chi connectivity index (χ0n) is 10.0. The maximum Gasteiger partial charge on any atom is 0.240 e. The molecule has 16 heavy (non-hydrogen) atoms. The van der Waals surface area contributed by atoms with Crippen LogP contribution in [0, 0.1) is 0 Å². The minimum atomic E-state index is -0.426. The molecule has 92 valence electrons. The van der Waals surface area contributed by atoms with Gasteiger partial charge in [0, 0.05) is 0 Å². The number of nitrogens with one attached hydrogen (secondary N) is 2. The molecule has 1 amide bonds. The van der Waals surface area contributed by atoms with E-state index in [9.17, 15) is 9.90 Å². The highest BCUT2D eigenvalue weighted by molar-refractivity contribution is 5.86. The molecule has 0 spiro atoms. The second-order valence-electron chi connectivity index (χ2n) is 5.46. The summed E-state index contributed by atoms with van der Waals surface area (Å²) in [6.07, 6.45) is 5.96. The van der Waals surface area contributed by atoms with E-state index >= 15 is 0 Å². The first kappa shape index (κ1) is 11.9. The average molecular weight is 226 g/mol. The molecule has 0 aromatic carbocycles. The van der Waals surface area contributed by atoms with Crippen molar-refractivity contribution in [2.45, 2.75) is 56.5 Å². The van der Waals surface area contributed by atoms with Gasteiger partial charge in [-0.25, -0.2) is 0 Å². The fourth-order valence-electron chi connectivity index (χ4n) is 2.84. The Balaban J connectivity index is 2.00. The molecule has 4 nitrogen and oxygen atoms in total. The first-order chi connectivity index (χ1) is 7.60. The third-order valence-electron chi connectivity index (χ3n) is 4.11. The smallest absolute Gasteiger partial charge is 0.240 e. The number of carbonyl (C=O) groups is 1. The second-order valence-corrected chi connectivity index (χ2v) is 5.46. The molecule has 0 radical (unpaired) electrons. The van der Waals surface area contributed by atoms with Gasteiger partial charge in [-0.1, -0.05) is 12.8 Å². The molecular formula is C12H22N2O2. The van der Waals surface area contributed by atoms with Crippen molar-refractivity contribution in [3.05, 3.63) is 0 Å². The molecule has 0 aromatic rings. The van der Waals surface area contributed by atoms with Gasteiger partial charge in [0.25, 0.3) is 0 Å². The van der Waals surface area contributed by atoms with E-state index in [-0.39, 0.29) is 18.1 Å². The Morgan fingerprint density at radius 1 is 1.31 bits per heavy atom. The largest absolute Gasteiger partial charge is 0.394 e. The zero-order chi connectivity index (χ0) is 11.6. The molecule has 2 rings (SSSR count). The summed E-state index contributed by atoms with van der Waals surface area (Å²) < 4.78 is 0. The zero-order valence-corrected chi connectivity index (χ0v) is 10.0. The van der Waals surface area contributed by atoms with Crippen LogP contribution in [0.1, 0.15) is 45.4 Å². The first-order valence-electron chi connectivity index (χ1n) is 6.29. The number of hydrogen-bond donors (Lipinski definition) is 3. The Hall–Kier alpha value is -0.610. The Morgan fingerprint density at radius 2 is 2.00 bits per heavy atom. The lowest BCUT2D eigenvalue weighted by Crippen LogP contribution is -2.59. The topological polar surface area (TPSA) is 61.4 Å². The van der Waals surface area contributed by atoms with E-state index in [2.05, 4.69) is 10.6 Å². The fourth-order valence-corrected chi connectivity index (χ4v) is 2.84. The van der Waals surface area contributed by atoms with Crippen LogP contribution in [-0.2, 0) is 4.79 Å². The molecule has 1 saturated heterocycles. The molecule has 1 aliphatic carbocycles. The van der Waals surface area contributed by atoms with E-state index in [1.54, 1.807) is 0 Å². The molecule has 4 heteroatoms. The van der Waals surface area contributed by atoms with Crippen molar-refractivity contribution in [3.8, 4) is 0 Å². The monoisotopic (exact) mass is 226 g/mol. The van der Waals surface area contributed by atoms with Crippen LogP contribution in [-0.4, -0.2) is 35.2 Å². The summed E-state index contributed by atoms with van der Waals surface area (Å²) in [6.45, 7) is 2.93. The van der Waals surface area contributed by atoms with Crippen molar-refractivity contribution in [3.63, 3.8) is 0 Å². The summed E-state index contributed by atoms with van der Waals surface area (Å²) in [5.41, 5.74) is -0.769. The maximum atomic E-state index is 12.2. The molecule has 1 unspecified atom stereocenters. The third kappa shape index (κ3) is 2.09. The molecule has 1 atom stereocenters. The molecule has 0 bridgehead atoms. The van der Waals surface area contributed by atoms with Gasteiger partial charge in [-0.3, -0.25) is 4.79 Å². The highest BCUT2D eigenvalue weighted by atomic mass is 16.3. The minimum Gasteiger partial charge on any atom is -0.394 e. The predicted octanol–water partition coefficient (Wildman–Crippen LogP) is 0.550. The minimum absolute atomic E-state index is 0.0564. The highest BCUT2D eigenvalue weighted by Crippen LogP contribution is 2.30. The van der Waals surface area contributed by atoms with Gasteiger partial charge in [-0.15, -0.1) is 0 Å². The first-order valence-corrected chi connectivity index (χ1v) is 6.29. The van der Waals surface area contributed by atoms with Gasteiger partial charge in [0.2, 0.25) is 5.91 Å². The van der Waals surface area contributed by atoms with Gasteiger partial charge < -0.3 is 15.7 Å². The molecule has 1 heterocycles. The number of carbonyl (C=O) groups excluding carboxylic acids is 1. The quantitative estimate of drug-likeness (QED) is 0.658. The molecule has 1 saturated carbocycles. The Bertz CT molecular complexity index is 266. The van der Waals surface area contributed by atoms with Gasteiger partial charge >= 0.3 is 0 Å². The Kier molecular flexibility index (Phi) is 3.22. The van der Waals surface area contributed by atoms with Crippen LogP contribution in [0.25, 0.3) is 0 Å². The van der Waals surface area contributed by atoms with E-state index in [1.165, 1.54) is 0 Å². The predicted molar refractivity (Wildman–Crippen MR) is 62.1 cm³/mol. The van der Waals surface area contributed by atoms with Crippen molar-refractivity contribution in [2.24, 2.45) is 0 Å². The van der Waals surface area contributed by atoms with Gasteiger partial charge in [0.05, 0.1) is 17.7 Å². The van der Waals surface area contributed by atoms with Crippen LogP contribution in [0.4, 0.5) is 0 Å². The van der Waals surface area contributed by atoms with Crippen LogP contribution in [0.3, 0.4) is 0 Å². The number of hydrogen-bond acceptors (Lipinski definition) is 3. The van der Waals surface area contributed by atoms with Gasteiger partial charge in [-0.2, -0.15) is 0 Å². The summed E-state index contributed by atoms with van der Waals surface area (Å²) in [5.74, 6) is 0.0564. The average Bonchev–Trinajstić information content (AvgIpc) is 2.89. The second kappa shape index (κ2) is 4.34. The summed E-state index contributed by atoms with van der Waals surface area (Å²) >= 11 is 0. The van der Waals surface area contributed by atoms with E-state index in [0.29, 0.717) is 0 Å². The molecule has 2 fully saturated rings. The fraction of sp³-hybridized carbons (Fsp3) is 0.917. The standard InChI is InChI=1S/C12H22N2O2/c1-11(5-4-8-13-11)10(16)14-12(9-15)6-2-3-7-12/h13,15H,2-9H2,1H3,(H,14,16). The Labute approximate surface area is 96.8 Å². The lowest BCUT2D eigenvalue weighted by molar-refractivity contribution is -0.129. The highest BCUT2D eigenvalue weighted by Gasteiger charge is 2.41. The normalized spacial score (nSPS) is 32.9. The SMILES string of the molecule is CC1(C(=O)NC2(CO)CCCC2)CCCN1. The molecular weight excluding hydrogens is 204 g/mol. The van der Waals surface area contributed by atoms with Crippen molar-refractivity contribution < 1.29 is 9.90 Å². The summed E-state index contributed by atoms with van der Waals surface area (Å²) in [6, 6.07) is 0. The lowest BCUT2D eigenvalue weighted by Gasteiger charge is -2.33. The van der Waals surface area contributed by atoms with E-state index in [4.69, 9.17) is 0 Å². The Morgan fingerprint density at radius 3 is 2.50 bits per heavy atom. The van der Waals surface area contributed by atoms with E-state index in [1.807, 2.05) is 6.92 Å². The van der Waals surface area contributed by atoms with Gasteiger partial charge in [0.1, 0.15) is 0 Å².